The zero-order chi connectivity index (χ0) is 15.9. The van der Waals surface area contributed by atoms with Crippen LogP contribution in [0.5, 0.6) is 0 Å². The molecule has 3 N–H and O–H groups in total. The standard InChI is InChI=1S/C12H14O4.C3H8O2/c13-11-7-6-10(16-11)8-15-12(14)9-4-2-1-3-5-9;1-3(2,4)5/h1-5,10-11,13H,6-8H2;4-5H,1-2H3/t10-,11?;/m1./s1. The molecule has 2 rings (SSSR count). The van der Waals surface area contributed by atoms with Gasteiger partial charge in [-0.1, -0.05) is 18.2 Å². The average Bonchev–Trinajstić information content (AvgIpc) is 2.81. The Balaban J connectivity index is 0.000000383. The van der Waals surface area contributed by atoms with Crippen molar-refractivity contribution in [3.63, 3.8) is 0 Å². The Morgan fingerprint density at radius 3 is 2.33 bits per heavy atom. The van der Waals surface area contributed by atoms with E-state index in [0.29, 0.717) is 12.0 Å². The Labute approximate surface area is 123 Å². The van der Waals surface area contributed by atoms with Crippen LogP contribution >= 0.6 is 0 Å². The number of ether oxygens (including phenoxy) is 2. The lowest BCUT2D eigenvalue weighted by atomic mass is 10.2. The van der Waals surface area contributed by atoms with Crippen molar-refractivity contribution in [3.8, 4) is 0 Å². The van der Waals surface area contributed by atoms with Gasteiger partial charge in [-0.25, -0.2) is 4.79 Å². The lowest BCUT2D eigenvalue weighted by molar-refractivity contribution is -0.127. The molecule has 0 aliphatic carbocycles. The van der Waals surface area contributed by atoms with Crippen molar-refractivity contribution in [1.29, 1.82) is 0 Å². The van der Waals surface area contributed by atoms with Gasteiger partial charge in [0.2, 0.25) is 0 Å². The first-order chi connectivity index (χ1) is 9.75. The highest BCUT2D eigenvalue weighted by molar-refractivity contribution is 5.89. The van der Waals surface area contributed by atoms with Gasteiger partial charge in [-0.05, 0) is 32.4 Å². The first kappa shape index (κ1) is 17.6. The Kier molecular flexibility index (Phi) is 6.77. The highest BCUT2D eigenvalue weighted by Crippen LogP contribution is 2.18. The molecule has 0 radical (unpaired) electrons. The lowest BCUT2D eigenvalue weighted by Gasteiger charge is -2.10. The molecule has 1 unspecified atom stereocenters. The highest BCUT2D eigenvalue weighted by Gasteiger charge is 2.24. The molecule has 1 heterocycles. The number of esters is 1. The molecular formula is C15H22O6. The molecule has 1 aromatic rings. The zero-order valence-corrected chi connectivity index (χ0v) is 12.2. The SMILES string of the molecule is CC(C)(O)O.O=C(OC[C@H]1CCC(O)O1)c1ccccc1. The van der Waals surface area contributed by atoms with Crippen LogP contribution < -0.4 is 0 Å². The number of carbonyl (C=O) groups excluding carboxylic acids is 1. The van der Waals surface area contributed by atoms with E-state index in [0.717, 1.165) is 6.42 Å². The number of hydrogen-bond donors (Lipinski definition) is 3. The maximum absolute atomic E-state index is 11.5. The van der Waals surface area contributed by atoms with Crippen LogP contribution in [-0.2, 0) is 9.47 Å². The van der Waals surface area contributed by atoms with Crippen LogP contribution in [0.4, 0.5) is 0 Å². The molecule has 1 aliphatic heterocycles. The fourth-order valence-corrected chi connectivity index (χ4v) is 1.64. The second kappa shape index (κ2) is 8.09. The van der Waals surface area contributed by atoms with Crippen LogP contribution in [0.15, 0.2) is 30.3 Å². The maximum Gasteiger partial charge on any atom is 0.338 e. The van der Waals surface area contributed by atoms with Crippen LogP contribution in [0.25, 0.3) is 0 Å². The molecule has 6 heteroatoms. The van der Waals surface area contributed by atoms with Gasteiger partial charge in [0.25, 0.3) is 0 Å². The van der Waals surface area contributed by atoms with Gasteiger partial charge in [-0.2, -0.15) is 0 Å². The molecule has 1 saturated heterocycles. The van der Waals surface area contributed by atoms with E-state index in [-0.39, 0.29) is 18.7 Å². The smallest absolute Gasteiger partial charge is 0.338 e. The molecule has 0 bridgehead atoms. The van der Waals surface area contributed by atoms with E-state index in [4.69, 9.17) is 24.8 Å². The number of hydrogen-bond acceptors (Lipinski definition) is 6. The Morgan fingerprint density at radius 2 is 1.86 bits per heavy atom. The largest absolute Gasteiger partial charge is 0.459 e. The molecule has 1 aliphatic rings. The van der Waals surface area contributed by atoms with Crippen molar-refractivity contribution in [3.05, 3.63) is 35.9 Å². The third-order valence-corrected chi connectivity index (χ3v) is 2.49. The quantitative estimate of drug-likeness (QED) is 0.570. The summed E-state index contributed by atoms with van der Waals surface area (Å²) in [6.45, 7) is 2.80. The number of carbonyl (C=O) groups is 1. The summed E-state index contributed by atoms with van der Waals surface area (Å²) in [4.78, 5) is 11.5. The lowest BCUT2D eigenvalue weighted by Crippen LogP contribution is -2.19. The molecule has 0 aromatic heterocycles. The Bertz CT molecular complexity index is 420. The second-order valence-electron chi connectivity index (χ2n) is 5.25. The maximum atomic E-state index is 11.5. The van der Waals surface area contributed by atoms with E-state index < -0.39 is 12.1 Å². The summed E-state index contributed by atoms with van der Waals surface area (Å²) < 4.78 is 10.2. The van der Waals surface area contributed by atoms with Gasteiger partial charge in [0.15, 0.2) is 12.1 Å². The normalized spacial score (nSPS) is 21.4. The van der Waals surface area contributed by atoms with Gasteiger partial charge in [0.1, 0.15) is 6.61 Å². The molecule has 1 aromatic carbocycles. The van der Waals surface area contributed by atoms with Crippen molar-refractivity contribution in [2.45, 2.75) is 44.9 Å². The van der Waals surface area contributed by atoms with E-state index in [9.17, 15) is 4.79 Å². The fourth-order valence-electron chi connectivity index (χ4n) is 1.64. The molecule has 118 valence electrons. The van der Waals surface area contributed by atoms with Crippen LogP contribution in [0, 0.1) is 0 Å². The van der Waals surface area contributed by atoms with Gasteiger partial charge in [-0.3, -0.25) is 0 Å². The highest BCUT2D eigenvalue weighted by atomic mass is 16.6. The predicted octanol–water partition coefficient (Wildman–Crippen LogP) is 1.05. The molecule has 21 heavy (non-hydrogen) atoms. The van der Waals surface area contributed by atoms with Crippen molar-refractivity contribution in [1.82, 2.24) is 0 Å². The van der Waals surface area contributed by atoms with Gasteiger partial charge < -0.3 is 24.8 Å². The van der Waals surface area contributed by atoms with Gasteiger partial charge in [-0.15, -0.1) is 0 Å². The topological polar surface area (TPSA) is 96.2 Å². The van der Waals surface area contributed by atoms with Crippen LogP contribution in [-0.4, -0.2) is 46.1 Å². The zero-order valence-electron chi connectivity index (χ0n) is 12.2. The summed E-state index contributed by atoms with van der Waals surface area (Å²) in [6, 6.07) is 8.81. The minimum Gasteiger partial charge on any atom is -0.459 e. The summed E-state index contributed by atoms with van der Waals surface area (Å²) in [7, 11) is 0. The van der Waals surface area contributed by atoms with E-state index in [1.165, 1.54) is 13.8 Å². The van der Waals surface area contributed by atoms with Crippen LogP contribution in [0.1, 0.15) is 37.0 Å². The number of benzene rings is 1. The summed E-state index contributed by atoms with van der Waals surface area (Å²) in [5.74, 6) is -1.86. The third kappa shape index (κ3) is 8.41. The third-order valence-electron chi connectivity index (χ3n) is 2.49. The van der Waals surface area contributed by atoms with Gasteiger partial charge in [0.05, 0.1) is 11.7 Å². The van der Waals surface area contributed by atoms with Crippen molar-refractivity contribution >= 4 is 5.97 Å². The summed E-state index contributed by atoms with van der Waals surface area (Å²) in [6.07, 6.45) is 0.444. The first-order valence-electron chi connectivity index (χ1n) is 6.76. The Morgan fingerprint density at radius 1 is 1.29 bits per heavy atom. The fraction of sp³-hybridized carbons (Fsp3) is 0.533. The number of aliphatic hydroxyl groups excluding tert-OH is 1. The average molecular weight is 298 g/mol. The molecule has 0 amide bonds. The monoisotopic (exact) mass is 298 g/mol. The van der Waals surface area contributed by atoms with E-state index in [1.807, 2.05) is 6.07 Å². The molecule has 0 saturated carbocycles. The minimum atomic E-state index is -1.50. The van der Waals surface area contributed by atoms with Crippen LogP contribution in [0.3, 0.4) is 0 Å². The van der Waals surface area contributed by atoms with E-state index in [2.05, 4.69) is 0 Å². The summed E-state index contributed by atoms with van der Waals surface area (Å²) in [5, 5.41) is 25.3. The molecule has 2 atom stereocenters. The minimum absolute atomic E-state index is 0.178. The van der Waals surface area contributed by atoms with Crippen molar-refractivity contribution in [2.24, 2.45) is 0 Å². The summed E-state index contributed by atoms with van der Waals surface area (Å²) in [5.41, 5.74) is 0.529. The first-order valence-corrected chi connectivity index (χ1v) is 6.76. The number of rotatable bonds is 3. The molecule has 1 fully saturated rings. The van der Waals surface area contributed by atoms with Crippen LogP contribution in [0.2, 0.25) is 0 Å². The molecule has 6 nitrogen and oxygen atoms in total. The molecule has 0 spiro atoms. The van der Waals surface area contributed by atoms with Gasteiger partial charge >= 0.3 is 5.97 Å². The second-order valence-corrected chi connectivity index (χ2v) is 5.25. The van der Waals surface area contributed by atoms with Crippen molar-refractivity contribution < 1.29 is 29.6 Å². The predicted molar refractivity (Wildman–Crippen MR) is 75.4 cm³/mol. The van der Waals surface area contributed by atoms with Crippen molar-refractivity contribution in [2.75, 3.05) is 6.61 Å². The van der Waals surface area contributed by atoms with Gasteiger partial charge in [0, 0.05) is 6.42 Å². The molecular weight excluding hydrogens is 276 g/mol. The Hall–Kier alpha value is -1.47. The summed E-state index contributed by atoms with van der Waals surface area (Å²) >= 11 is 0. The number of aliphatic hydroxyl groups is 3. The van der Waals surface area contributed by atoms with E-state index >= 15 is 0 Å². The van der Waals surface area contributed by atoms with E-state index in [1.54, 1.807) is 24.3 Å².